The van der Waals surface area contributed by atoms with Crippen LogP contribution in [0.5, 0.6) is 5.75 Å². The maximum Gasteiger partial charge on any atom is 0.387 e. The van der Waals surface area contributed by atoms with Gasteiger partial charge in [-0.25, -0.2) is 4.98 Å². The molecule has 0 aliphatic carbocycles. The SMILES string of the molecule is O=C(Nc1ncc(Cc2ccccc2)s1)c1ccccc1OC(F)F. The highest BCUT2D eigenvalue weighted by Gasteiger charge is 2.16. The van der Waals surface area contributed by atoms with Crippen LogP contribution in [0.2, 0.25) is 0 Å². The molecule has 3 aromatic rings. The zero-order chi connectivity index (χ0) is 17.6. The zero-order valence-electron chi connectivity index (χ0n) is 13.0. The quantitative estimate of drug-likeness (QED) is 0.700. The summed E-state index contributed by atoms with van der Waals surface area (Å²) < 4.78 is 29.3. The van der Waals surface area contributed by atoms with Crippen LogP contribution in [0, 0.1) is 0 Å². The fourth-order valence-corrected chi connectivity index (χ4v) is 3.10. The summed E-state index contributed by atoms with van der Waals surface area (Å²) in [6.07, 6.45) is 2.40. The number of para-hydroxylation sites is 1. The molecule has 2 aromatic carbocycles. The van der Waals surface area contributed by atoms with E-state index in [1.807, 2.05) is 30.3 Å². The number of nitrogens with zero attached hydrogens (tertiary/aromatic N) is 1. The lowest BCUT2D eigenvalue weighted by atomic mass is 10.1. The Morgan fingerprint density at radius 1 is 1.12 bits per heavy atom. The fraction of sp³-hybridized carbons (Fsp3) is 0.111. The van der Waals surface area contributed by atoms with E-state index >= 15 is 0 Å². The molecule has 0 saturated heterocycles. The molecule has 0 saturated carbocycles. The second-order valence-corrected chi connectivity index (χ2v) is 6.24. The van der Waals surface area contributed by atoms with Crippen LogP contribution in [0.4, 0.5) is 13.9 Å². The topological polar surface area (TPSA) is 51.2 Å². The molecule has 7 heteroatoms. The minimum absolute atomic E-state index is 0.0302. The molecule has 0 radical (unpaired) electrons. The normalized spacial score (nSPS) is 10.7. The number of anilines is 1. The van der Waals surface area contributed by atoms with E-state index in [0.29, 0.717) is 11.6 Å². The number of hydrogen-bond donors (Lipinski definition) is 1. The van der Waals surface area contributed by atoms with E-state index in [2.05, 4.69) is 15.0 Å². The van der Waals surface area contributed by atoms with Crippen LogP contribution in [-0.2, 0) is 6.42 Å². The highest BCUT2D eigenvalue weighted by atomic mass is 32.1. The van der Waals surface area contributed by atoms with E-state index in [1.165, 1.54) is 29.5 Å². The number of carbonyl (C=O) groups is 1. The molecule has 0 unspecified atom stereocenters. The van der Waals surface area contributed by atoms with Gasteiger partial charge < -0.3 is 4.74 Å². The van der Waals surface area contributed by atoms with Crippen LogP contribution in [0.3, 0.4) is 0 Å². The molecule has 0 spiro atoms. The number of amides is 1. The third-order valence-corrected chi connectivity index (χ3v) is 4.26. The number of rotatable bonds is 6. The number of thiazole rings is 1. The fourth-order valence-electron chi connectivity index (χ4n) is 2.26. The zero-order valence-corrected chi connectivity index (χ0v) is 13.8. The van der Waals surface area contributed by atoms with Gasteiger partial charge in [-0.1, -0.05) is 42.5 Å². The number of carbonyl (C=O) groups excluding carboxylic acids is 1. The molecule has 0 aliphatic heterocycles. The highest BCUT2D eigenvalue weighted by Crippen LogP contribution is 2.24. The van der Waals surface area contributed by atoms with E-state index in [1.54, 1.807) is 12.3 Å². The number of nitrogens with one attached hydrogen (secondary N) is 1. The molecule has 0 bridgehead atoms. The number of halogens is 2. The number of benzene rings is 2. The maximum atomic E-state index is 12.4. The van der Waals surface area contributed by atoms with Crippen molar-refractivity contribution in [1.29, 1.82) is 0 Å². The van der Waals surface area contributed by atoms with Crippen molar-refractivity contribution in [3.05, 3.63) is 76.8 Å². The van der Waals surface area contributed by atoms with Gasteiger partial charge in [0.2, 0.25) is 0 Å². The Labute approximate surface area is 147 Å². The van der Waals surface area contributed by atoms with E-state index in [9.17, 15) is 13.6 Å². The molecule has 3 rings (SSSR count). The van der Waals surface area contributed by atoms with Crippen molar-refractivity contribution in [1.82, 2.24) is 4.98 Å². The van der Waals surface area contributed by atoms with Gasteiger partial charge in [-0.05, 0) is 17.7 Å². The Morgan fingerprint density at radius 3 is 2.60 bits per heavy atom. The number of ether oxygens (including phenoxy) is 1. The standard InChI is InChI=1S/C18H14F2N2O2S/c19-17(20)24-15-9-5-4-8-14(15)16(23)22-18-21-11-13(25-18)10-12-6-2-1-3-7-12/h1-9,11,17H,10H2,(H,21,22,23). The van der Waals surface area contributed by atoms with Crippen molar-refractivity contribution >= 4 is 22.4 Å². The van der Waals surface area contributed by atoms with Crippen molar-refractivity contribution in [2.45, 2.75) is 13.0 Å². The summed E-state index contributed by atoms with van der Waals surface area (Å²) in [6.45, 7) is -2.99. The highest BCUT2D eigenvalue weighted by molar-refractivity contribution is 7.15. The first-order valence-electron chi connectivity index (χ1n) is 7.45. The Balaban J connectivity index is 1.70. The average Bonchev–Trinajstić information content (AvgIpc) is 3.02. The molecular formula is C18H14F2N2O2S. The number of alkyl halides is 2. The van der Waals surface area contributed by atoms with Crippen molar-refractivity contribution < 1.29 is 18.3 Å². The van der Waals surface area contributed by atoms with Crippen molar-refractivity contribution in [3.8, 4) is 5.75 Å². The molecule has 4 nitrogen and oxygen atoms in total. The average molecular weight is 360 g/mol. The molecule has 1 N–H and O–H groups in total. The van der Waals surface area contributed by atoms with E-state index in [4.69, 9.17) is 0 Å². The van der Waals surface area contributed by atoms with Crippen LogP contribution in [-0.4, -0.2) is 17.5 Å². The van der Waals surface area contributed by atoms with Gasteiger partial charge >= 0.3 is 6.61 Å². The molecule has 1 heterocycles. The third kappa shape index (κ3) is 4.60. The van der Waals surface area contributed by atoms with E-state index in [-0.39, 0.29) is 11.3 Å². The van der Waals surface area contributed by atoms with Gasteiger partial charge in [0.15, 0.2) is 5.13 Å². The first kappa shape index (κ1) is 17.0. The van der Waals surface area contributed by atoms with Crippen LogP contribution in [0.25, 0.3) is 0 Å². The van der Waals surface area contributed by atoms with Gasteiger partial charge in [0.25, 0.3) is 5.91 Å². The Morgan fingerprint density at radius 2 is 1.84 bits per heavy atom. The minimum Gasteiger partial charge on any atom is -0.434 e. The monoisotopic (exact) mass is 360 g/mol. The van der Waals surface area contributed by atoms with E-state index in [0.717, 1.165) is 10.4 Å². The second kappa shape index (κ2) is 7.85. The molecule has 25 heavy (non-hydrogen) atoms. The molecule has 1 amide bonds. The van der Waals surface area contributed by atoms with E-state index < -0.39 is 12.5 Å². The van der Waals surface area contributed by atoms with Crippen molar-refractivity contribution in [2.75, 3.05) is 5.32 Å². The van der Waals surface area contributed by atoms with Crippen molar-refractivity contribution in [2.24, 2.45) is 0 Å². The maximum absolute atomic E-state index is 12.4. The summed E-state index contributed by atoms with van der Waals surface area (Å²) in [5.41, 5.74) is 1.17. The molecule has 1 aromatic heterocycles. The minimum atomic E-state index is -2.99. The summed E-state index contributed by atoms with van der Waals surface area (Å²) >= 11 is 1.34. The third-order valence-electron chi connectivity index (χ3n) is 3.34. The predicted octanol–water partition coefficient (Wildman–Crippen LogP) is 4.59. The van der Waals surface area contributed by atoms with Gasteiger partial charge in [-0.2, -0.15) is 8.78 Å². The first-order chi connectivity index (χ1) is 12.1. The lowest BCUT2D eigenvalue weighted by Gasteiger charge is -2.09. The van der Waals surface area contributed by atoms with Gasteiger partial charge in [0, 0.05) is 17.5 Å². The molecule has 0 aliphatic rings. The van der Waals surface area contributed by atoms with Crippen LogP contribution >= 0.6 is 11.3 Å². The summed E-state index contributed by atoms with van der Waals surface area (Å²) in [5.74, 6) is -0.715. The van der Waals surface area contributed by atoms with Crippen LogP contribution < -0.4 is 10.1 Å². The summed E-state index contributed by atoms with van der Waals surface area (Å²) in [7, 11) is 0. The first-order valence-corrected chi connectivity index (χ1v) is 8.27. The lowest BCUT2D eigenvalue weighted by molar-refractivity contribution is -0.0501. The largest absolute Gasteiger partial charge is 0.434 e. The van der Waals surface area contributed by atoms with Crippen LogP contribution in [0.1, 0.15) is 20.8 Å². The number of hydrogen-bond acceptors (Lipinski definition) is 4. The summed E-state index contributed by atoms with van der Waals surface area (Å²) in [4.78, 5) is 17.5. The molecular weight excluding hydrogens is 346 g/mol. The molecule has 0 atom stereocenters. The van der Waals surface area contributed by atoms with Crippen LogP contribution in [0.15, 0.2) is 60.8 Å². The van der Waals surface area contributed by atoms with Gasteiger partial charge in [-0.3, -0.25) is 10.1 Å². The van der Waals surface area contributed by atoms with Crippen molar-refractivity contribution in [3.63, 3.8) is 0 Å². The van der Waals surface area contributed by atoms with Gasteiger partial charge in [-0.15, -0.1) is 11.3 Å². The predicted molar refractivity (Wildman–Crippen MR) is 92.4 cm³/mol. The lowest BCUT2D eigenvalue weighted by Crippen LogP contribution is -2.14. The molecule has 128 valence electrons. The van der Waals surface area contributed by atoms with Gasteiger partial charge in [0.05, 0.1) is 5.56 Å². The smallest absolute Gasteiger partial charge is 0.387 e. The summed E-state index contributed by atoms with van der Waals surface area (Å²) in [6, 6.07) is 15.7. The Kier molecular flexibility index (Phi) is 5.35. The Hall–Kier alpha value is -2.80. The second-order valence-electron chi connectivity index (χ2n) is 5.12. The molecule has 0 fully saturated rings. The van der Waals surface area contributed by atoms with Gasteiger partial charge in [0.1, 0.15) is 5.75 Å². The Bertz CT molecular complexity index is 853. The summed E-state index contributed by atoms with van der Waals surface area (Å²) in [5, 5.41) is 3.03. The number of aromatic nitrogens is 1.